The van der Waals surface area contributed by atoms with Gasteiger partial charge < -0.3 is 9.80 Å². The van der Waals surface area contributed by atoms with Gasteiger partial charge in [-0.1, -0.05) is 29.3 Å². The minimum Gasteiger partial charge on any atom is -0.339 e. The lowest BCUT2D eigenvalue weighted by atomic mass is 10.1. The number of halogens is 1. The van der Waals surface area contributed by atoms with Gasteiger partial charge in [0.1, 0.15) is 6.54 Å². The summed E-state index contributed by atoms with van der Waals surface area (Å²) in [5.74, 6) is -0.646. The molecule has 0 N–H and O–H groups in total. The molecule has 1 fully saturated rings. The van der Waals surface area contributed by atoms with E-state index in [0.29, 0.717) is 22.4 Å². The minimum atomic E-state index is -4.29. The van der Waals surface area contributed by atoms with Crippen LogP contribution in [-0.4, -0.2) is 73.0 Å². The highest BCUT2D eigenvalue weighted by Gasteiger charge is 2.36. The van der Waals surface area contributed by atoms with Crippen molar-refractivity contribution in [2.75, 3.05) is 32.7 Å². The van der Waals surface area contributed by atoms with Crippen molar-refractivity contribution in [3.8, 4) is 0 Å². The molecule has 2 aromatic rings. The largest absolute Gasteiger partial charge is 0.339 e. The standard InChI is InChI=1S/C22H24ClN3O5S/c1-16-3-9-20(10-4-16)32(30,31)26(15-21(28)18-5-7-19(23)8-6-18)22(29)25-13-11-24(12-14-25)17(2)27/h3-10H,11-15H2,1-2H3. The Hall–Kier alpha value is -2.91. The normalized spacial score (nSPS) is 14.2. The highest BCUT2D eigenvalue weighted by molar-refractivity contribution is 7.89. The van der Waals surface area contributed by atoms with Gasteiger partial charge in [-0.15, -0.1) is 0 Å². The van der Waals surface area contributed by atoms with Gasteiger partial charge in [0, 0.05) is 43.7 Å². The zero-order chi connectivity index (χ0) is 23.5. The highest BCUT2D eigenvalue weighted by Crippen LogP contribution is 2.20. The van der Waals surface area contributed by atoms with Crippen LogP contribution in [0.3, 0.4) is 0 Å². The number of hydrogen-bond donors (Lipinski definition) is 0. The van der Waals surface area contributed by atoms with E-state index < -0.39 is 28.4 Å². The van der Waals surface area contributed by atoms with Gasteiger partial charge in [-0.2, -0.15) is 0 Å². The van der Waals surface area contributed by atoms with E-state index in [-0.39, 0.29) is 29.5 Å². The number of sulfonamides is 1. The lowest BCUT2D eigenvalue weighted by molar-refractivity contribution is -0.130. The quantitative estimate of drug-likeness (QED) is 0.617. The van der Waals surface area contributed by atoms with E-state index in [1.807, 2.05) is 6.92 Å². The summed E-state index contributed by atoms with van der Waals surface area (Å²) < 4.78 is 27.3. The first-order valence-electron chi connectivity index (χ1n) is 10.0. The molecule has 1 saturated heterocycles. The molecule has 3 rings (SSSR count). The van der Waals surface area contributed by atoms with Gasteiger partial charge in [-0.25, -0.2) is 17.5 Å². The van der Waals surface area contributed by atoms with Gasteiger partial charge in [0.15, 0.2) is 5.78 Å². The molecule has 8 nitrogen and oxygen atoms in total. The number of nitrogens with zero attached hydrogens (tertiary/aromatic N) is 3. The van der Waals surface area contributed by atoms with E-state index in [0.717, 1.165) is 5.56 Å². The molecule has 1 heterocycles. The summed E-state index contributed by atoms with van der Waals surface area (Å²) in [6.07, 6.45) is 0. The summed E-state index contributed by atoms with van der Waals surface area (Å²) in [6.45, 7) is 3.55. The van der Waals surface area contributed by atoms with E-state index in [4.69, 9.17) is 11.6 Å². The van der Waals surface area contributed by atoms with Gasteiger partial charge in [-0.05, 0) is 43.3 Å². The second-order valence-electron chi connectivity index (χ2n) is 7.53. The van der Waals surface area contributed by atoms with Crippen LogP contribution in [0.4, 0.5) is 4.79 Å². The molecule has 10 heteroatoms. The summed E-state index contributed by atoms with van der Waals surface area (Å²) in [5, 5.41) is 0.435. The predicted octanol–water partition coefficient (Wildman–Crippen LogP) is 2.81. The van der Waals surface area contributed by atoms with Crippen LogP contribution in [0.2, 0.25) is 5.02 Å². The number of urea groups is 1. The molecular formula is C22H24ClN3O5S. The molecular weight excluding hydrogens is 454 g/mol. The molecule has 0 bridgehead atoms. The van der Waals surface area contributed by atoms with E-state index in [9.17, 15) is 22.8 Å². The van der Waals surface area contributed by atoms with E-state index in [2.05, 4.69) is 0 Å². The predicted molar refractivity (Wildman–Crippen MR) is 120 cm³/mol. The van der Waals surface area contributed by atoms with Gasteiger partial charge in [0.25, 0.3) is 10.0 Å². The Morgan fingerprint density at radius 2 is 1.44 bits per heavy atom. The summed E-state index contributed by atoms with van der Waals surface area (Å²) >= 11 is 5.87. The fraction of sp³-hybridized carbons (Fsp3) is 0.318. The number of Topliss-reactive ketones (excluding diaryl/α,β-unsaturated/α-hetero) is 1. The summed E-state index contributed by atoms with van der Waals surface area (Å²) in [4.78, 5) is 40.6. The third-order valence-corrected chi connectivity index (χ3v) is 7.26. The molecule has 1 aliphatic rings. The second kappa shape index (κ2) is 9.70. The fourth-order valence-corrected chi connectivity index (χ4v) is 4.79. The number of piperazine rings is 1. The van der Waals surface area contributed by atoms with Gasteiger partial charge in [-0.3, -0.25) is 9.59 Å². The number of rotatable bonds is 5. The van der Waals surface area contributed by atoms with Gasteiger partial charge >= 0.3 is 6.03 Å². The highest BCUT2D eigenvalue weighted by atomic mass is 35.5. The Bertz CT molecular complexity index is 1110. The Balaban J connectivity index is 1.90. The Morgan fingerprint density at radius 3 is 1.97 bits per heavy atom. The van der Waals surface area contributed by atoms with Crippen LogP contribution in [-0.2, 0) is 14.8 Å². The van der Waals surface area contributed by atoms with Crippen molar-refractivity contribution in [1.29, 1.82) is 0 Å². The summed E-state index contributed by atoms with van der Waals surface area (Å²) in [5.41, 5.74) is 1.10. The number of hydrogen-bond acceptors (Lipinski definition) is 5. The number of carbonyl (C=O) groups is 3. The van der Waals surface area contributed by atoms with Crippen LogP contribution in [0.25, 0.3) is 0 Å². The molecule has 3 amide bonds. The SMILES string of the molecule is CC(=O)N1CCN(C(=O)N(CC(=O)c2ccc(Cl)cc2)S(=O)(=O)c2ccc(C)cc2)CC1. The lowest BCUT2D eigenvalue weighted by Crippen LogP contribution is -2.55. The maximum Gasteiger partial charge on any atom is 0.334 e. The van der Waals surface area contributed by atoms with Crippen LogP contribution in [0, 0.1) is 6.92 Å². The van der Waals surface area contributed by atoms with Crippen molar-refractivity contribution in [2.24, 2.45) is 0 Å². The topological polar surface area (TPSA) is 95.1 Å². The summed E-state index contributed by atoms with van der Waals surface area (Å²) in [6, 6.07) is 11.3. The second-order valence-corrected chi connectivity index (χ2v) is 9.83. The first kappa shape index (κ1) is 23.7. The van der Waals surface area contributed by atoms with Crippen molar-refractivity contribution in [3.05, 3.63) is 64.7 Å². The molecule has 0 atom stereocenters. The van der Waals surface area contributed by atoms with Crippen LogP contribution >= 0.6 is 11.6 Å². The number of amides is 3. The first-order valence-corrected chi connectivity index (χ1v) is 11.8. The molecule has 2 aromatic carbocycles. The number of benzene rings is 2. The van der Waals surface area contributed by atoms with Crippen molar-refractivity contribution >= 4 is 39.3 Å². The number of ketones is 1. The fourth-order valence-electron chi connectivity index (χ4n) is 3.32. The molecule has 0 saturated carbocycles. The number of aryl methyl sites for hydroxylation is 1. The van der Waals surface area contributed by atoms with Crippen molar-refractivity contribution < 1.29 is 22.8 Å². The molecule has 0 spiro atoms. The molecule has 1 aliphatic heterocycles. The summed E-state index contributed by atoms with van der Waals surface area (Å²) in [7, 11) is -4.29. The number of carbonyl (C=O) groups excluding carboxylic acids is 3. The van der Waals surface area contributed by atoms with E-state index in [1.54, 1.807) is 17.0 Å². The van der Waals surface area contributed by atoms with Crippen LogP contribution < -0.4 is 0 Å². The van der Waals surface area contributed by atoms with Crippen molar-refractivity contribution in [3.63, 3.8) is 0 Å². The van der Waals surface area contributed by atoms with E-state index >= 15 is 0 Å². The molecule has 32 heavy (non-hydrogen) atoms. The average molecular weight is 478 g/mol. The van der Waals surface area contributed by atoms with Crippen LogP contribution in [0.5, 0.6) is 0 Å². The lowest BCUT2D eigenvalue weighted by Gasteiger charge is -2.36. The third kappa shape index (κ3) is 5.28. The van der Waals surface area contributed by atoms with Crippen molar-refractivity contribution in [2.45, 2.75) is 18.7 Å². The zero-order valence-electron chi connectivity index (χ0n) is 17.8. The average Bonchev–Trinajstić information content (AvgIpc) is 2.77. The zero-order valence-corrected chi connectivity index (χ0v) is 19.4. The monoisotopic (exact) mass is 477 g/mol. The van der Waals surface area contributed by atoms with Gasteiger partial charge in [0.2, 0.25) is 5.91 Å². The Morgan fingerprint density at radius 1 is 0.906 bits per heavy atom. The smallest absolute Gasteiger partial charge is 0.334 e. The Labute approximate surface area is 192 Å². The van der Waals surface area contributed by atoms with E-state index in [1.165, 1.54) is 48.2 Å². The Kier molecular flexibility index (Phi) is 7.20. The first-order chi connectivity index (χ1) is 15.1. The third-order valence-electron chi connectivity index (χ3n) is 5.27. The maximum absolute atomic E-state index is 13.4. The molecule has 0 radical (unpaired) electrons. The van der Waals surface area contributed by atoms with Gasteiger partial charge in [0.05, 0.1) is 4.90 Å². The van der Waals surface area contributed by atoms with Crippen molar-refractivity contribution in [1.82, 2.24) is 14.1 Å². The van der Waals surface area contributed by atoms with Crippen LogP contribution in [0.15, 0.2) is 53.4 Å². The maximum atomic E-state index is 13.4. The molecule has 0 aliphatic carbocycles. The molecule has 0 aromatic heterocycles. The molecule has 0 unspecified atom stereocenters. The van der Waals surface area contributed by atoms with Crippen LogP contribution in [0.1, 0.15) is 22.8 Å². The minimum absolute atomic E-state index is 0.0808. The molecule has 170 valence electrons.